The monoisotopic (exact) mass is 275 g/mol. The Bertz CT molecular complexity index is 602. The largest absolute Gasteiger partial charge is 0.497 e. The van der Waals surface area contributed by atoms with E-state index in [9.17, 15) is 0 Å². The van der Waals surface area contributed by atoms with Crippen LogP contribution in [-0.2, 0) is 0 Å². The third-order valence-electron chi connectivity index (χ3n) is 2.77. The standard InChI is InChI=1S/C14H17N3O3/c1-18-9-4-6-11(12(8-9)19-2)16-14-10(15)5-7-13(17-14)20-3/h4-8H,15H2,1-3H3,(H,16,17). The Morgan fingerprint density at radius 2 is 1.80 bits per heavy atom. The number of nitrogens with zero attached hydrogens (tertiary/aromatic N) is 1. The zero-order chi connectivity index (χ0) is 14.5. The number of nitrogen functional groups attached to an aromatic ring is 1. The van der Waals surface area contributed by atoms with E-state index < -0.39 is 0 Å². The molecule has 0 fully saturated rings. The van der Waals surface area contributed by atoms with E-state index >= 15 is 0 Å². The van der Waals surface area contributed by atoms with Gasteiger partial charge in [-0.2, -0.15) is 4.98 Å². The lowest BCUT2D eigenvalue weighted by atomic mass is 10.2. The number of pyridine rings is 1. The molecule has 2 rings (SSSR count). The van der Waals surface area contributed by atoms with Crippen LogP contribution in [0.1, 0.15) is 0 Å². The average molecular weight is 275 g/mol. The molecular formula is C14H17N3O3. The molecule has 0 aliphatic rings. The molecule has 0 unspecified atom stereocenters. The molecule has 6 nitrogen and oxygen atoms in total. The average Bonchev–Trinajstić information content (AvgIpc) is 2.49. The molecule has 1 aromatic carbocycles. The summed E-state index contributed by atoms with van der Waals surface area (Å²) in [4.78, 5) is 4.26. The Morgan fingerprint density at radius 1 is 1.00 bits per heavy atom. The second-order valence-electron chi connectivity index (χ2n) is 3.98. The molecule has 20 heavy (non-hydrogen) atoms. The number of rotatable bonds is 5. The minimum absolute atomic E-state index is 0.481. The van der Waals surface area contributed by atoms with Crippen molar-refractivity contribution in [3.8, 4) is 17.4 Å². The summed E-state index contributed by atoms with van der Waals surface area (Å²) in [5.74, 6) is 2.33. The SMILES string of the molecule is COc1ccc(Nc2nc(OC)ccc2N)c(OC)c1. The van der Waals surface area contributed by atoms with E-state index in [2.05, 4.69) is 10.3 Å². The first kappa shape index (κ1) is 13.8. The molecule has 0 saturated carbocycles. The van der Waals surface area contributed by atoms with E-state index in [4.69, 9.17) is 19.9 Å². The van der Waals surface area contributed by atoms with Gasteiger partial charge in [-0.1, -0.05) is 0 Å². The van der Waals surface area contributed by atoms with E-state index in [1.807, 2.05) is 12.1 Å². The predicted molar refractivity (Wildman–Crippen MR) is 78.0 cm³/mol. The van der Waals surface area contributed by atoms with Gasteiger partial charge in [0.05, 0.1) is 32.7 Å². The van der Waals surface area contributed by atoms with Crippen molar-refractivity contribution >= 4 is 17.2 Å². The number of nitrogens with two attached hydrogens (primary N) is 1. The van der Waals surface area contributed by atoms with Crippen LogP contribution in [0.25, 0.3) is 0 Å². The number of aromatic nitrogens is 1. The molecule has 0 spiro atoms. The fourth-order valence-electron chi connectivity index (χ4n) is 1.70. The van der Waals surface area contributed by atoms with Crippen molar-refractivity contribution in [2.75, 3.05) is 32.4 Å². The van der Waals surface area contributed by atoms with Gasteiger partial charge in [-0.3, -0.25) is 0 Å². The maximum Gasteiger partial charge on any atom is 0.215 e. The van der Waals surface area contributed by atoms with E-state index in [0.29, 0.717) is 28.9 Å². The second-order valence-corrected chi connectivity index (χ2v) is 3.98. The number of nitrogens with one attached hydrogen (secondary N) is 1. The lowest BCUT2D eigenvalue weighted by Crippen LogP contribution is -2.02. The maximum atomic E-state index is 5.89. The van der Waals surface area contributed by atoms with Crippen molar-refractivity contribution in [1.82, 2.24) is 4.98 Å². The molecule has 6 heteroatoms. The Morgan fingerprint density at radius 3 is 2.45 bits per heavy atom. The van der Waals surface area contributed by atoms with Crippen molar-refractivity contribution in [2.45, 2.75) is 0 Å². The number of hydrogen-bond donors (Lipinski definition) is 2. The fourth-order valence-corrected chi connectivity index (χ4v) is 1.70. The summed E-state index contributed by atoms with van der Waals surface area (Å²) in [5, 5.41) is 3.12. The summed E-state index contributed by atoms with van der Waals surface area (Å²) >= 11 is 0. The molecule has 0 atom stereocenters. The van der Waals surface area contributed by atoms with Gasteiger partial charge in [0.25, 0.3) is 0 Å². The highest BCUT2D eigenvalue weighted by Crippen LogP contribution is 2.32. The first-order valence-corrected chi connectivity index (χ1v) is 5.97. The highest BCUT2D eigenvalue weighted by atomic mass is 16.5. The summed E-state index contributed by atoms with van der Waals surface area (Å²) in [6, 6.07) is 8.86. The zero-order valence-electron chi connectivity index (χ0n) is 11.6. The summed E-state index contributed by atoms with van der Waals surface area (Å²) in [7, 11) is 4.74. The summed E-state index contributed by atoms with van der Waals surface area (Å²) in [6.07, 6.45) is 0. The van der Waals surface area contributed by atoms with Crippen LogP contribution >= 0.6 is 0 Å². The van der Waals surface area contributed by atoms with Gasteiger partial charge in [0.2, 0.25) is 5.88 Å². The number of hydrogen-bond acceptors (Lipinski definition) is 6. The maximum absolute atomic E-state index is 5.89. The van der Waals surface area contributed by atoms with Gasteiger partial charge in [0.15, 0.2) is 5.82 Å². The number of anilines is 3. The number of benzene rings is 1. The van der Waals surface area contributed by atoms with Crippen LogP contribution in [0.3, 0.4) is 0 Å². The van der Waals surface area contributed by atoms with Crippen molar-refractivity contribution in [2.24, 2.45) is 0 Å². The van der Waals surface area contributed by atoms with Gasteiger partial charge < -0.3 is 25.3 Å². The van der Waals surface area contributed by atoms with Crippen molar-refractivity contribution in [1.29, 1.82) is 0 Å². The number of ether oxygens (including phenoxy) is 3. The Labute approximate surface area is 117 Å². The minimum atomic E-state index is 0.481. The summed E-state index contributed by atoms with van der Waals surface area (Å²) < 4.78 is 15.6. The zero-order valence-corrected chi connectivity index (χ0v) is 11.6. The number of methoxy groups -OCH3 is 3. The van der Waals surface area contributed by atoms with Crippen LogP contribution in [0, 0.1) is 0 Å². The molecule has 2 aromatic rings. The van der Waals surface area contributed by atoms with Gasteiger partial charge in [0, 0.05) is 12.1 Å². The van der Waals surface area contributed by atoms with Crippen LogP contribution < -0.4 is 25.3 Å². The Kier molecular flexibility index (Phi) is 4.14. The highest BCUT2D eigenvalue weighted by Gasteiger charge is 2.09. The van der Waals surface area contributed by atoms with Crippen LogP contribution in [0.5, 0.6) is 17.4 Å². The second kappa shape index (κ2) is 6.01. The van der Waals surface area contributed by atoms with Gasteiger partial charge in [-0.15, -0.1) is 0 Å². The normalized spacial score (nSPS) is 9.95. The van der Waals surface area contributed by atoms with Crippen LogP contribution in [-0.4, -0.2) is 26.3 Å². The fraction of sp³-hybridized carbons (Fsp3) is 0.214. The third kappa shape index (κ3) is 2.85. The third-order valence-corrected chi connectivity index (χ3v) is 2.77. The van der Waals surface area contributed by atoms with E-state index in [0.717, 1.165) is 5.69 Å². The molecule has 0 amide bonds. The summed E-state index contributed by atoms with van der Waals surface area (Å²) in [5.41, 5.74) is 7.15. The predicted octanol–water partition coefficient (Wildman–Crippen LogP) is 2.43. The molecule has 3 N–H and O–H groups in total. The van der Waals surface area contributed by atoms with Crippen molar-refractivity contribution < 1.29 is 14.2 Å². The Hall–Kier alpha value is -2.63. The van der Waals surface area contributed by atoms with Crippen molar-refractivity contribution in [3.63, 3.8) is 0 Å². The quantitative estimate of drug-likeness (QED) is 0.872. The first-order valence-electron chi connectivity index (χ1n) is 5.97. The molecule has 1 aromatic heterocycles. The topological polar surface area (TPSA) is 78.6 Å². The first-order chi connectivity index (χ1) is 9.67. The molecule has 0 aliphatic heterocycles. The van der Waals surface area contributed by atoms with Crippen LogP contribution in [0.2, 0.25) is 0 Å². The molecule has 0 saturated heterocycles. The van der Waals surface area contributed by atoms with Crippen molar-refractivity contribution in [3.05, 3.63) is 30.3 Å². The smallest absolute Gasteiger partial charge is 0.215 e. The molecule has 106 valence electrons. The lowest BCUT2D eigenvalue weighted by Gasteiger charge is -2.13. The molecule has 0 bridgehead atoms. The van der Waals surface area contributed by atoms with Gasteiger partial charge in [-0.25, -0.2) is 0 Å². The van der Waals surface area contributed by atoms with Crippen LogP contribution in [0.15, 0.2) is 30.3 Å². The van der Waals surface area contributed by atoms with Gasteiger partial charge in [0.1, 0.15) is 11.5 Å². The summed E-state index contributed by atoms with van der Waals surface area (Å²) in [6.45, 7) is 0. The molecule has 0 radical (unpaired) electrons. The molecule has 1 heterocycles. The van der Waals surface area contributed by atoms with Gasteiger partial charge in [-0.05, 0) is 18.2 Å². The highest BCUT2D eigenvalue weighted by molar-refractivity contribution is 5.73. The molecule has 0 aliphatic carbocycles. The van der Waals surface area contributed by atoms with E-state index in [1.165, 1.54) is 0 Å². The minimum Gasteiger partial charge on any atom is -0.497 e. The Balaban J connectivity index is 2.34. The lowest BCUT2D eigenvalue weighted by molar-refractivity contribution is 0.395. The van der Waals surface area contributed by atoms with E-state index in [-0.39, 0.29) is 0 Å². The van der Waals surface area contributed by atoms with Gasteiger partial charge >= 0.3 is 0 Å². The van der Waals surface area contributed by atoms with Crippen LogP contribution in [0.4, 0.5) is 17.2 Å². The molecular weight excluding hydrogens is 258 g/mol. The van der Waals surface area contributed by atoms with E-state index in [1.54, 1.807) is 39.5 Å².